The Kier molecular flexibility index (Phi) is 14.6. The van der Waals surface area contributed by atoms with Gasteiger partial charge in [-0.3, -0.25) is 4.79 Å². The molecule has 0 fully saturated rings. The van der Waals surface area contributed by atoms with Gasteiger partial charge in [0.25, 0.3) is 0 Å². The molecule has 0 aliphatic heterocycles. The molecule has 0 spiro atoms. The van der Waals surface area contributed by atoms with E-state index >= 15 is 0 Å². The summed E-state index contributed by atoms with van der Waals surface area (Å²) in [7, 11) is -0.334. The van der Waals surface area contributed by atoms with Gasteiger partial charge in [-0.25, -0.2) is 0 Å². The van der Waals surface area contributed by atoms with Crippen LogP contribution in [-0.4, -0.2) is 45.1 Å². The molecule has 5 nitrogen and oxygen atoms in total. The molecule has 40 heavy (non-hydrogen) atoms. The van der Waals surface area contributed by atoms with Gasteiger partial charge in [0.15, 0.2) is 14.1 Å². The molecule has 1 aliphatic rings. The van der Waals surface area contributed by atoms with Crippen LogP contribution in [0.15, 0.2) is 60.7 Å². The maximum Gasteiger partial charge on any atom is 0.192 e. The number of hydrogen-bond donors (Lipinski definition) is 1. The number of hydrogen-bond acceptors (Lipinski definition) is 5. The summed E-state index contributed by atoms with van der Waals surface area (Å²) >= 11 is 0. The van der Waals surface area contributed by atoms with Crippen LogP contribution in [0.1, 0.15) is 78.2 Å². The van der Waals surface area contributed by atoms with Gasteiger partial charge in [-0.15, -0.1) is 0 Å². The minimum Gasteiger partial charge on any atom is -0.497 e. The summed E-state index contributed by atoms with van der Waals surface area (Å²) in [4.78, 5) is 12.7. The van der Waals surface area contributed by atoms with Gasteiger partial charge in [-0.2, -0.15) is 0 Å². The summed E-state index contributed by atoms with van der Waals surface area (Å²) in [6.45, 7) is 14.7. The fraction of sp³-hybridized carbons (Fsp3) is 0.618. The maximum atomic E-state index is 12.7. The molecule has 0 radical (unpaired) electrons. The van der Waals surface area contributed by atoms with Gasteiger partial charge in [-0.1, -0.05) is 70.2 Å². The van der Waals surface area contributed by atoms with Crippen LogP contribution in [0.2, 0.25) is 18.1 Å². The molecule has 1 N–H and O–H groups in total. The monoisotopic (exact) mass is 570 g/mol. The molecule has 1 aliphatic carbocycles. The maximum absolute atomic E-state index is 12.7. The number of rotatable bonds is 18. The quantitative estimate of drug-likeness (QED) is 0.109. The first-order valence-electron chi connectivity index (χ1n) is 15.1. The first kappa shape index (κ1) is 34.2. The molecule has 0 saturated heterocycles. The van der Waals surface area contributed by atoms with Gasteiger partial charge in [-0.05, 0) is 92.8 Å². The average molecular weight is 571 g/mol. The Morgan fingerprint density at radius 1 is 1.05 bits per heavy atom. The van der Waals surface area contributed by atoms with E-state index in [1.807, 2.05) is 30.3 Å². The summed E-state index contributed by atoms with van der Waals surface area (Å²) in [6.07, 6.45) is 17.5. The first-order valence-corrected chi connectivity index (χ1v) is 18.0. The number of unbranched alkanes of at least 4 members (excludes halogenated alkanes) is 2. The third kappa shape index (κ3) is 11.5. The van der Waals surface area contributed by atoms with E-state index in [4.69, 9.17) is 13.9 Å². The minimum atomic E-state index is -2.00. The normalized spacial score (nSPS) is 19.6. The van der Waals surface area contributed by atoms with Crippen molar-refractivity contribution >= 4 is 14.1 Å². The number of aliphatic hydroxyl groups excluding tert-OH is 1. The average Bonchev–Trinajstić information content (AvgIpc) is 3.27. The Morgan fingerprint density at radius 2 is 1.77 bits per heavy atom. The number of ketones is 1. The first-order chi connectivity index (χ1) is 19.0. The predicted octanol–water partition coefficient (Wildman–Crippen LogP) is 8.20. The number of allylic oxidation sites excluding steroid dienone is 5. The van der Waals surface area contributed by atoms with Crippen LogP contribution in [0.3, 0.4) is 0 Å². The molecule has 1 aromatic rings. The Morgan fingerprint density at radius 3 is 2.42 bits per heavy atom. The van der Waals surface area contributed by atoms with Crippen molar-refractivity contribution in [3.05, 3.63) is 66.3 Å². The summed E-state index contributed by atoms with van der Waals surface area (Å²) in [5.74, 6) is 0.534. The Labute approximate surface area is 244 Å². The third-order valence-electron chi connectivity index (χ3n) is 8.20. The molecule has 4 atom stereocenters. The highest BCUT2D eigenvalue weighted by Crippen LogP contribution is 2.39. The Bertz CT molecular complexity index is 958. The fourth-order valence-electron chi connectivity index (χ4n) is 4.73. The van der Waals surface area contributed by atoms with Crippen molar-refractivity contribution < 1.29 is 23.8 Å². The van der Waals surface area contributed by atoms with Crippen molar-refractivity contribution in [1.82, 2.24) is 0 Å². The molecule has 0 saturated carbocycles. The van der Waals surface area contributed by atoms with E-state index in [1.54, 1.807) is 13.2 Å². The lowest BCUT2D eigenvalue weighted by Gasteiger charge is -2.40. The number of aliphatic hydroxyl groups is 1. The second kappa shape index (κ2) is 17.1. The zero-order chi connectivity index (χ0) is 29.6. The highest BCUT2D eigenvalue weighted by Gasteiger charge is 2.41. The molecule has 1 aromatic carbocycles. The van der Waals surface area contributed by atoms with Crippen LogP contribution in [0.25, 0.3) is 0 Å². The number of carbonyl (C=O) groups is 1. The predicted molar refractivity (Wildman–Crippen MR) is 168 cm³/mol. The van der Waals surface area contributed by atoms with E-state index < -0.39 is 20.3 Å². The summed E-state index contributed by atoms with van der Waals surface area (Å²) in [5, 5.41) is 11.3. The van der Waals surface area contributed by atoms with E-state index in [0.29, 0.717) is 13.0 Å². The van der Waals surface area contributed by atoms with Crippen molar-refractivity contribution in [3.63, 3.8) is 0 Å². The van der Waals surface area contributed by atoms with E-state index in [1.165, 1.54) is 0 Å². The van der Waals surface area contributed by atoms with Gasteiger partial charge in [0.05, 0.1) is 31.8 Å². The van der Waals surface area contributed by atoms with Gasteiger partial charge >= 0.3 is 0 Å². The molecule has 6 heteroatoms. The number of carbonyl (C=O) groups excluding carboxylic acids is 1. The van der Waals surface area contributed by atoms with E-state index in [0.717, 1.165) is 56.4 Å². The van der Waals surface area contributed by atoms with Crippen LogP contribution in [0, 0.1) is 11.8 Å². The van der Waals surface area contributed by atoms with Crippen molar-refractivity contribution in [2.75, 3.05) is 13.7 Å². The van der Waals surface area contributed by atoms with Crippen molar-refractivity contribution in [2.45, 2.75) is 110 Å². The molecular formula is C34H54O5Si. The lowest BCUT2D eigenvalue weighted by molar-refractivity contribution is -0.122. The molecule has 0 heterocycles. The van der Waals surface area contributed by atoms with Crippen LogP contribution >= 0.6 is 0 Å². The highest BCUT2D eigenvalue weighted by molar-refractivity contribution is 6.74. The van der Waals surface area contributed by atoms with Crippen molar-refractivity contribution in [2.24, 2.45) is 11.8 Å². The van der Waals surface area contributed by atoms with E-state index in [2.05, 4.69) is 65.1 Å². The molecule has 0 aromatic heterocycles. The van der Waals surface area contributed by atoms with E-state index in [9.17, 15) is 9.90 Å². The van der Waals surface area contributed by atoms with Crippen LogP contribution in [0.4, 0.5) is 0 Å². The van der Waals surface area contributed by atoms with E-state index in [-0.39, 0.29) is 22.8 Å². The lowest BCUT2D eigenvalue weighted by atomic mass is 9.84. The van der Waals surface area contributed by atoms with Gasteiger partial charge in [0, 0.05) is 6.61 Å². The molecule has 224 valence electrons. The minimum absolute atomic E-state index is 0.0336. The molecule has 1 unspecified atom stereocenters. The van der Waals surface area contributed by atoms with Crippen molar-refractivity contribution in [3.8, 4) is 5.75 Å². The number of methoxy groups -OCH3 is 1. The van der Waals surface area contributed by atoms with Crippen LogP contribution in [-0.2, 0) is 20.6 Å². The standard InChI is InChI=1S/C34H54O5Si/c1-8-9-13-17-30(39-40(6,7)34(2,3)4)25-32(36)33-28(20-23-31(33)35)16-14-11-10-12-15-24-38-26-27-18-21-29(37-5)22-19-27/h9,11,13-14,18-23,28,30,32-33,36H,8,10,12,15-17,24-26H2,1-7H3/b13-9-,14-11-/t28-,30+,32?,33+/m0/s1. The second-order valence-electron chi connectivity index (χ2n) is 12.5. The molecular weight excluding hydrogens is 516 g/mol. The Hall–Kier alpha value is -1.99. The van der Waals surface area contributed by atoms with Gasteiger partial charge in [0.2, 0.25) is 0 Å². The largest absolute Gasteiger partial charge is 0.497 e. The zero-order valence-corrected chi connectivity index (χ0v) is 27.0. The number of benzene rings is 1. The lowest BCUT2D eigenvalue weighted by Crippen LogP contribution is -2.45. The highest BCUT2D eigenvalue weighted by atomic mass is 28.4. The smallest absolute Gasteiger partial charge is 0.192 e. The Balaban J connectivity index is 1.79. The molecule has 0 bridgehead atoms. The molecule has 2 rings (SSSR count). The SMILES string of the molecule is CC/C=C\C[C@H](CC(O)[C@H]1C(=O)C=C[C@@H]1C/C=C\CCCCOCc1ccc(OC)cc1)O[Si](C)(C)C(C)(C)C. The number of ether oxygens (including phenoxy) is 2. The second-order valence-corrected chi connectivity index (χ2v) is 17.2. The third-order valence-corrected chi connectivity index (χ3v) is 12.7. The summed E-state index contributed by atoms with van der Waals surface area (Å²) < 4.78 is 17.7. The summed E-state index contributed by atoms with van der Waals surface area (Å²) in [5.41, 5.74) is 1.15. The van der Waals surface area contributed by atoms with Gasteiger partial charge in [0.1, 0.15) is 5.75 Å². The van der Waals surface area contributed by atoms with Gasteiger partial charge < -0.3 is 19.0 Å². The van der Waals surface area contributed by atoms with Crippen LogP contribution < -0.4 is 4.74 Å². The van der Waals surface area contributed by atoms with Crippen molar-refractivity contribution in [1.29, 1.82) is 0 Å². The molecule has 0 amide bonds. The fourth-order valence-corrected chi connectivity index (χ4v) is 6.11. The zero-order valence-electron chi connectivity index (χ0n) is 26.0. The van der Waals surface area contributed by atoms with Crippen LogP contribution in [0.5, 0.6) is 5.75 Å². The summed E-state index contributed by atoms with van der Waals surface area (Å²) in [6, 6.07) is 7.96. The topological polar surface area (TPSA) is 65.0 Å².